The van der Waals surface area contributed by atoms with Crippen LogP contribution in [0.3, 0.4) is 0 Å². The van der Waals surface area contributed by atoms with Crippen LogP contribution in [0.25, 0.3) is 11.0 Å². The topological polar surface area (TPSA) is 54.7 Å². The van der Waals surface area contributed by atoms with E-state index in [1.165, 1.54) is 5.56 Å². The lowest BCUT2D eigenvalue weighted by Crippen LogP contribution is -2.13. The molecule has 2 aromatic rings. The maximum Gasteiger partial charge on any atom is 0.112 e. The van der Waals surface area contributed by atoms with E-state index in [1.54, 1.807) is 0 Å². The number of hydrogen-bond donors (Lipinski definition) is 2. The average Bonchev–Trinajstić information content (AvgIpc) is 2.71. The van der Waals surface area contributed by atoms with Gasteiger partial charge in [0.25, 0.3) is 0 Å². The largest absolute Gasteiger partial charge is 0.342 e. The minimum Gasteiger partial charge on any atom is -0.342 e. The van der Waals surface area contributed by atoms with Gasteiger partial charge in [0.15, 0.2) is 0 Å². The van der Waals surface area contributed by atoms with Crippen molar-refractivity contribution in [3.63, 3.8) is 0 Å². The van der Waals surface area contributed by atoms with Crippen LogP contribution < -0.4 is 5.73 Å². The molecule has 1 atom stereocenters. The molecule has 0 spiro atoms. The van der Waals surface area contributed by atoms with Crippen LogP contribution in [0.2, 0.25) is 0 Å². The highest BCUT2D eigenvalue weighted by Gasteiger charge is 2.18. The van der Waals surface area contributed by atoms with Crippen LogP contribution in [0.15, 0.2) is 18.2 Å². The summed E-state index contributed by atoms with van der Waals surface area (Å²) in [5, 5.41) is 0. The SMILES string of the molecule is CC(CN)Cc1ccc2nc(C(C)(C)C)[nH]c2c1. The Morgan fingerprint density at radius 3 is 2.67 bits per heavy atom. The molecule has 0 fully saturated rings. The lowest BCUT2D eigenvalue weighted by Gasteiger charge is -2.13. The summed E-state index contributed by atoms with van der Waals surface area (Å²) in [5.41, 5.74) is 9.23. The lowest BCUT2D eigenvalue weighted by molar-refractivity contribution is 0.554. The number of nitrogens with zero attached hydrogens (tertiary/aromatic N) is 1. The maximum atomic E-state index is 5.67. The number of nitrogens with two attached hydrogens (primary N) is 1. The molecule has 2 rings (SSSR count). The second-order valence-electron chi connectivity index (χ2n) is 6.23. The molecule has 0 aliphatic carbocycles. The van der Waals surface area contributed by atoms with Crippen LogP contribution in [0.5, 0.6) is 0 Å². The molecule has 0 radical (unpaired) electrons. The molecule has 0 saturated heterocycles. The fourth-order valence-corrected chi connectivity index (χ4v) is 2.02. The number of rotatable bonds is 3. The van der Waals surface area contributed by atoms with E-state index in [9.17, 15) is 0 Å². The van der Waals surface area contributed by atoms with Gasteiger partial charge in [-0.25, -0.2) is 4.98 Å². The van der Waals surface area contributed by atoms with Crippen LogP contribution in [-0.4, -0.2) is 16.5 Å². The van der Waals surface area contributed by atoms with E-state index in [1.807, 2.05) is 0 Å². The fourth-order valence-electron chi connectivity index (χ4n) is 2.02. The molecule has 3 N–H and O–H groups in total. The molecule has 1 aromatic heterocycles. The monoisotopic (exact) mass is 245 g/mol. The molecule has 0 aliphatic rings. The van der Waals surface area contributed by atoms with Gasteiger partial charge in [-0.05, 0) is 36.6 Å². The van der Waals surface area contributed by atoms with Gasteiger partial charge < -0.3 is 10.7 Å². The third kappa shape index (κ3) is 2.72. The quantitative estimate of drug-likeness (QED) is 0.873. The number of imidazole rings is 1. The van der Waals surface area contributed by atoms with Crippen LogP contribution in [0, 0.1) is 5.92 Å². The molecular weight excluding hydrogens is 222 g/mol. The molecule has 0 aliphatic heterocycles. The molecule has 1 aromatic carbocycles. The summed E-state index contributed by atoms with van der Waals surface area (Å²) in [5.74, 6) is 1.56. The zero-order chi connectivity index (χ0) is 13.3. The normalized spacial score (nSPS) is 14.1. The van der Waals surface area contributed by atoms with Gasteiger partial charge in [0, 0.05) is 5.41 Å². The van der Waals surface area contributed by atoms with Gasteiger partial charge in [-0.1, -0.05) is 33.8 Å². The van der Waals surface area contributed by atoms with E-state index in [-0.39, 0.29) is 5.41 Å². The van der Waals surface area contributed by atoms with Crippen molar-refractivity contribution in [2.75, 3.05) is 6.54 Å². The van der Waals surface area contributed by atoms with Crippen LogP contribution in [-0.2, 0) is 11.8 Å². The summed E-state index contributed by atoms with van der Waals surface area (Å²) in [7, 11) is 0. The summed E-state index contributed by atoms with van der Waals surface area (Å²) in [4.78, 5) is 8.07. The highest BCUT2D eigenvalue weighted by molar-refractivity contribution is 5.76. The Labute approximate surface area is 109 Å². The summed E-state index contributed by atoms with van der Waals surface area (Å²) in [6, 6.07) is 6.45. The first-order chi connectivity index (χ1) is 8.40. The second-order valence-corrected chi connectivity index (χ2v) is 6.23. The smallest absolute Gasteiger partial charge is 0.112 e. The standard InChI is InChI=1S/C15H23N3/c1-10(9-16)7-11-5-6-12-13(8-11)18-14(17-12)15(2,3)4/h5-6,8,10H,7,9,16H2,1-4H3,(H,17,18). The highest BCUT2D eigenvalue weighted by atomic mass is 14.9. The molecule has 0 amide bonds. The Balaban J connectivity index is 2.34. The van der Waals surface area contributed by atoms with Crippen molar-refractivity contribution in [1.82, 2.24) is 9.97 Å². The first-order valence-electron chi connectivity index (χ1n) is 6.59. The molecule has 0 bridgehead atoms. The molecule has 3 heteroatoms. The highest BCUT2D eigenvalue weighted by Crippen LogP contribution is 2.23. The molecule has 1 heterocycles. The third-order valence-corrected chi connectivity index (χ3v) is 3.24. The maximum absolute atomic E-state index is 5.67. The molecular formula is C15H23N3. The predicted molar refractivity (Wildman–Crippen MR) is 76.7 cm³/mol. The van der Waals surface area contributed by atoms with Crippen molar-refractivity contribution in [2.45, 2.75) is 39.5 Å². The average molecular weight is 245 g/mol. The summed E-state index contributed by atoms with van der Waals surface area (Å²) < 4.78 is 0. The van der Waals surface area contributed by atoms with Crippen LogP contribution in [0.4, 0.5) is 0 Å². The van der Waals surface area contributed by atoms with Gasteiger partial charge in [-0.15, -0.1) is 0 Å². The fraction of sp³-hybridized carbons (Fsp3) is 0.533. The van der Waals surface area contributed by atoms with E-state index in [0.717, 1.165) is 29.8 Å². The van der Waals surface area contributed by atoms with Gasteiger partial charge in [-0.3, -0.25) is 0 Å². The van der Waals surface area contributed by atoms with Gasteiger partial charge in [-0.2, -0.15) is 0 Å². The first kappa shape index (κ1) is 13.1. The van der Waals surface area contributed by atoms with E-state index in [4.69, 9.17) is 5.73 Å². The van der Waals surface area contributed by atoms with E-state index in [2.05, 4.69) is 55.9 Å². The summed E-state index contributed by atoms with van der Waals surface area (Å²) in [6.45, 7) is 9.42. The van der Waals surface area contributed by atoms with Gasteiger partial charge in [0.2, 0.25) is 0 Å². The Morgan fingerprint density at radius 1 is 1.33 bits per heavy atom. The van der Waals surface area contributed by atoms with Gasteiger partial charge >= 0.3 is 0 Å². The molecule has 1 unspecified atom stereocenters. The van der Waals surface area contributed by atoms with Crippen molar-refractivity contribution in [3.05, 3.63) is 29.6 Å². The Morgan fingerprint density at radius 2 is 2.06 bits per heavy atom. The third-order valence-electron chi connectivity index (χ3n) is 3.24. The molecule has 98 valence electrons. The number of fused-ring (bicyclic) bond motifs is 1. The summed E-state index contributed by atoms with van der Waals surface area (Å²) in [6.07, 6.45) is 1.02. The number of aromatic nitrogens is 2. The van der Waals surface area contributed by atoms with E-state index >= 15 is 0 Å². The number of nitrogens with one attached hydrogen (secondary N) is 1. The molecule has 0 saturated carbocycles. The van der Waals surface area contributed by atoms with Gasteiger partial charge in [0.05, 0.1) is 11.0 Å². The minimum atomic E-state index is 0.0593. The number of hydrogen-bond acceptors (Lipinski definition) is 2. The second kappa shape index (κ2) is 4.73. The number of H-pyrrole nitrogens is 1. The van der Waals surface area contributed by atoms with Crippen molar-refractivity contribution < 1.29 is 0 Å². The lowest BCUT2D eigenvalue weighted by atomic mass is 9.96. The first-order valence-corrected chi connectivity index (χ1v) is 6.59. The Kier molecular flexibility index (Phi) is 3.44. The Bertz CT molecular complexity index is 534. The zero-order valence-electron chi connectivity index (χ0n) is 11.7. The van der Waals surface area contributed by atoms with E-state index < -0.39 is 0 Å². The van der Waals surface area contributed by atoms with E-state index in [0.29, 0.717) is 5.92 Å². The van der Waals surface area contributed by atoms with Crippen molar-refractivity contribution in [2.24, 2.45) is 11.7 Å². The Hall–Kier alpha value is -1.35. The summed E-state index contributed by atoms with van der Waals surface area (Å²) >= 11 is 0. The minimum absolute atomic E-state index is 0.0593. The zero-order valence-corrected chi connectivity index (χ0v) is 11.7. The molecule has 18 heavy (non-hydrogen) atoms. The van der Waals surface area contributed by atoms with Crippen LogP contribution in [0.1, 0.15) is 39.1 Å². The molecule has 3 nitrogen and oxygen atoms in total. The van der Waals surface area contributed by atoms with Crippen molar-refractivity contribution >= 4 is 11.0 Å². The van der Waals surface area contributed by atoms with Crippen LogP contribution >= 0.6 is 0 Å². The number of aromatic amines is 1. The van der Waals surface area contributed by atoms with Crippen molar-refractivity contribution in [1.29, 1.82) is 0 Å². The number of benzene rings is 1. The predicted octanol–water partition coefficient (Wildman–Crippen LogP) is 3.00. The van der Waals surface area contributed by atoms with Crippen molar-refractivity contribution in [3.8, 4) is 0 Å². The van der Waals surface area contributed by atoms with Gasteiger partial charge in [0.1, 0.15) is 5.82 Å².